The van der Waals surface area contributed by atoms with Crippen LogP contribution in [0.5, 0.6) is 5.75 Å². The third-order valence-electron chi connectivity index (χ3n) is 6.13. The summed E-state index contributed by atoms with van der Waals surface area (Å²) >= 11 is 0. The van der Waals surface area contributed by atoms with Crippen molar-refractivity contribution in [3.8, 4) is 5.75 Å². The average molecular weight is 486 g/mol. The van der Waals surface area contributed by atoms with Crippen molar-refractivity contribution < 1.29 is 19.4 Å². The predicted molar refractivity (Wildman–Crippen MR) is 141 cm³/mol. The van der Waals surface area contributed by atoms with Crippen molar-refractivity contribution in [1.29, 1.82) is 0 Å². The second-order valence-electron chi connectivity index (χ2n) is 9.55. The first-order valence-corrected chi connectivity index (χ1v) is 11.9. The maximum atomic E-state index is 13.3. The molecule has 1 aliphatic rings. The van der Waals surface area contributed by atoms with E-state index in [2.05, 4.69) is 18.8 Å². The number of anilines is 2. The predicted octanol–water partition coefficient (Wildman–Crippen LogP) is 5.12. The van der Waals surface area contributed by atoms with Crippen LogP contribution in [0.25, 0.3) is 5.76 Å². The molecule has 1 aromatic heterocycles. The third kappa shape index (κ3) is 4.82. The molecular weight excluding hydrogens is 454 g/mol. The molecule has 1 fully saturated rings. The van der Waals surface area contributed by atoms with Crippen LogP contribution in [0.3, 0.4) is 0 Å². The van der Waals surface area contributed by atoms with Crippen LogP contribution in [0.4, 0.5) is 11.4 Å². The molecule has 36 heavy (non-hydrogen) atoms. The van der Waals surface area contributed by atoms with E-state index in [1.54, 1.807) is 54.9 Å². The number of aliphatic hydroxyl groups is 1. The number of aromatic nitrogens is 1. The Kier molecular flexibility index (Phi) is 7.10. The summed E-state index contributed by atoms with van der Waals surface area (Å²) in [6.07, 6.45) is 3.21. The topological polar surface area (TPSA) is 83.0 Å². The van der Waals surface area contributed by atoms with E-state index < -0.39 is 17.7 Å². The number of amides is 1. The standard InChI is InChI=1S/C29H31N3O4/c1-18(2)17-36-24-11-6-21(16-19(24)3)27(33)25-26(20-12-14-30-15-13-20)32(29(35)28(25)34)23-9-7-22(8-10-23)31(4)5/h6-16,18,26,33H,17H2,1-5H3/b27-25-. The van der Waals surface area contributed by atoms with Gasteiger partial charge in [0.25, 0.3) is 11.7 Å². The average Bonchev–Trinajstić information content (AvgIpc) is 3.13. The Bertz CT molecular complexity index is 1300. The zero-order valence-corrected chi connectivity index (χ0v) is 21.2. The van der Waals surface area contributed by atoms with Gasteiger partial charge in [-0.05, 0) is 78.6 Å². The van der Waals surface area contributed by atoms with Crippen molar-refractivity contribution in [3.63, 3.8) is 0 Å². The van der Waals surface area contributed by atoms with E-state index in [0.717, 1.165) is 11.3 Å². The molecule has 2 heterocycles. The van der Waals surface area contributed by atoms with Gasteiger partial charge in [-0.25, -0.2) is 0 Å². The van der Waals surface area contributed by atoms with Crippen molar-refractivity contribution in [2.24, 2.45) is 5.92 Å². The van der Waals surface area contributed by atoms with Gasteiger partial charge in [0.1, 0.15) is 11.5 Å². The number of hydrogen-bond donors (Lipinski definition) is 1. The van der Waals surface area contributed by atoms with Gasteiger partial charge in [0.2, 0.25) is 0 Å². The van der Waals surface area contributed by atoms with Crippen LogP contribution in [-0.4, -0.2) is 42.5 Å². The maximum Gasteiger partial charge on any atom is 0.300 e. The van der Waals surface area contributed by atoms with E-state index >= 15 is 0 Å². The molecule has 7 heteroatoms. The van der Waals surface area contributed by atoms with Gasteiger partial charge >= 0.3 is 0 Å². The molecule has 0 bridgehead atoms. The number of pyridine rings is 1. The van der Waals surface area contributed by atoms with Gasteiger partial charge in [0, 0.05) is 43.4 Å². The molecule has 1 amide bonds. The molecule has 1 aliphatic heterocycles. The van der Waals surface area contributed by atoms with E-state index in [4.69, 9.17) is 4.74 Å². The van der Waals surface area contributed by atoms with Crippen molar-refractivity contribution in [2.45, 2.75) is 26.8 Å². The molecule has 1 unspecified atom stereocenters. The van der Waals surface area contributed by atoms with Crippen LogP contribution in [-0.2, 0) is 9.59 Å². The summed E-state index contributed by atoms with van der Waals surface area (Å²) in [5.41, 5.74) is 3.52. The van der Waals surface area contributed by atoms with Gasteiger partial charge in [0.15, 0.2) is 0 Å². The van der Waals surface area contributed by atoms with Gasteiger partial charge in [-0.3, -0.25) is 19.5 Å². The lowest BCUT2D eigenvalue weighted by atomic mass is 9.95. The van der Waals surface area contributed by atoms with Gasteiger partial charge in [-0.15, -0.1) is 0 Å². The van der Waals surface area contributed by atoms with E-state index in [9.17, 15) is 14.7 Å². The van der Waals surface area contributed by atoms with Crippen LogP contribution < -0.4 is 14.5 Å². The van der Waals surface area contributed by atoms with E-state index in [1.165, 1.54) is 4.90 Å². The van der Waals surface area contributed by atoms with E-state index in [1.807, 2.05) is 38.1 Å². The van der Waals surface area contributed by atoms with Gasteiger partial charge in [0.05, 0.1) is 18.2 Å². The fourth-order valence-corrected chi connectivity index (χ4v) is 4.24. The number of carbonyl (C=O) groups is 2. The molecule has 186 valence electrons. The van der Waals surface area contributed by atoms with Crippen LogP contribution in [0.1, 0.15) is 36.6 Å². The van der Waals surface area contributed by atoms with Crippen molar-refractivity contribution >= 4 is 28.8 Å². The molecule has 1 atom stereocenters. The molecule has 2 aromatic carbocycles. The summed E-state index contributed by atoms with van der Waals surface area (Å²) in [6, 6.07) is 15.3. The second-order valence-corrected chi connectivity index (χ2v) is 9.55. The first-order valence-electron chi connectivity index (χ1n) is 11.9. The summed E-state index contributed by atoms with van der Waals surface area (Å²) in [6.45, 7) is 6.60. The fourth-order valence-electron chi connectivity index (χ4n) is 4.24. The lowest BCUT2D eigenvalue weighted by Crippen LogP contribution is -2.29. The van der Waals surface area contributed by atoms with Crippen LogP contribution in [0, 0.1) is 12.8 Å². The first-order chi connectivity index (χ1) is 17.2. The zero-order valence-electron chi connectivity index (χ0n) is 21.2. The number of nitrogens with zero attached hydrogens (tertiary/aromatic N) is 3. The highest BCUT2D eigenvalue weighted by Gasteiger charge is 2.47. The quantitative estimate of drug-likeness (QED) is 0.284. The molecular formula is C29H31N3O4. The Morgan fingerprint density at radius 1 is 1.06 bits per heavy atom. The minimum atomic E-state index is -0.796. The number of rotatable bonds is 7. The Morgan fingerprint density at radius 3 is 2.31 bits per heavy atom. The number of carbonyl (C=O) groups excluding carboxylic acids is 2. The summed E-state index contributed by atoms with van der Waals surface area (Å²) in [5.74, 6) is -0.553. The summed E-state index contributed by atoms with van der Waals surface area (Å²) in [7, 11) is 3.86. The number of aliphatic hydroxyl groups excluding tert-OH is 1. The zero-order chi connectivity index (χ0) is 26.0. The van der Waals surface area contributed by atoms with Crippen molar-refractivity contribution in [1.82, 2.24) is 4.98 Å². The maximum absolute atomic E-state index is 13.3. The lowest BCUT2D eigenvalue weighted by molar-refractivity contribution is -0.132. The van der Waals surface area contributed by atoms with Crippen LogP contribution >= 0.6 is 0 Å². The SMILES string of the molecule is Cc1cc(/C(O)=C2/C(=O)C(=O)N(c3ccc(N(C)C)cc3)C2c2ccncc2)ccc1OCC(C)C. The number of aryl methyl sites for hydroxylation is 1. The van der Waals surface area contributed by atoms with Gasteiger partial charge in [-0.2, -0.15) is 0 Å². The largest absolute Gasteiger partial charge is 0.507 e. The van der Waals surface area contributed by atoms with Crippen LogP contribution in [0.2, 0.25) is 0 Å². The molecule has 0 radical (unpaired) electrons. The number of ether oxygens (including phenoxy) is 1. The monoisotopic (exact) mass is 485 g/mol. The normalized spacial score (nSPS) is 17.1. The molecule has 0 spiro atoms. The Labute approximate surface area is 211 Å². The number of Topliss-reactive ketones (excluding diaryl/α,β-unsaturated/α-hetero) is 1. The molecule has 1 N–H and O–H groups in total. The minimum Gasteiger partial charge on any atom is -0.507 e. The van der Waals surface area contributed by atoms with E-state index in [0.29, 0.717) is 35.1 Å². The summed E-state index contributed by atoms with van der Waals surface area (Å²) in [5, 5.41) is 11.4. The Morgan fingerprint density at radius 2 is 1.72 bits per heavy atom. The number of ketones is 1. The van der Waals surface area contributed by atoms with E-state index in [-0.39, 0.29) is 11.3 Å². The molecule has 7 nitrogen and oxygen atoms in total. The fraction of sp³-hybridized carbons (Fsp3) is 0.276. The summed E-state index contributed by atoms with van der Waals surface area (Å²) < 4.78 is 5.85. The molecule has 0 saturated carbocycles. The lowest BCUT2D eigenvalue weighted by Gasteiger charge is -2.26. The number of hydrogen-bond acceptors (Lipinski definition) is 6. The number of benzene rings is 2. The highest BCUT2D eigenvalue weighted by Crippen LogP contribution is 2.42. The molecule has 0 aliphatic carbocycles. The minimum absolute atomic E-state index is 0.0399. The highest BCUT2D eigenvalue weighted by atomic mass is 16.5. The van der Waals surface area contributed by atoms with Gasteiger partial charge < -0.3 is 14.7 Å². The molecule has 3 aromatic rings. The highest BCUT2D eigenvalue weighted by molar-refractivity contribution is 6.51. The second kappa shape index (κ2) is 10.2. The van der Waals surface area contributed by atoms with Crippen LogP contribution in [0.15, 0.2) is 72.6 Å². The van der Waals surface area contributed by atoms with Crippen molar-refractivity contribution in [3.05, 3.63) is 89.3 Å². The first kappa shape index (κ1) is 25.0. The molecule has 1 saturated heterocycles. The summed E-state index contributed by atoms with van der Waals surface area (Å²) in [4.78, 5) is 34.1. The Balaban J connectivity index is 1.81. The van der Waals surface area contributed by atoms with Gasteiger partial charge in [-0.1, -0.05) is 13.8 Å². The molecule has 4 rings (SSSR count). The third-order valence-corrected chi connectivity index (χ3v) is 6.13. The smallest absolute Gasteiger partial charge is 0.300 e. The Hall–Kier alpha value is -4.13. The van der Waals surface area contributed by atoms with Crippen molar-refractivity contribution in [2.75, 3.05) is 30.5 Å².